The maximum Gasteiger partial charge on any atom is 0.0473 e. The first kappa shape index (κ1) is 11.3. The van der Waals surface area contributed by atoms with Crippen molar-refractivity contribution in [2.75, 3.05) is 0 Å². The quantitative estimate of drug-likeness (QED) is 0.705. The van der Waals surface area contributed by atoms with Crippen LogP contribution in [0, 0.1) is 0 Å². The van der Waals surface area contributed by atoms with Crippen LogP contribution >= 0.6 is 22.9 Å². The van der Waals surface area contributed by atoms with Gasteiger partial charge < -0.3 is 0 Å². The summed E-state index contributed by atoms with van der Waals surface area (Å²) in [5.74, 6) is 0. The molecule has 0 aliphatic heterocycles. The average Bonchev–Trinajstić information content (AvgIpc) is 3.04. The molecule has 2 heteroatoms. The highest BCUT2D eigenvalue weighted by Gasteiger charge is 2.49. The summed E-state index contributed by atoms with van der Waals surface area (Å²) in [5.41, 5.74) is 3.03. The smallest absolute Gasteiger partial charge is 0.0473 e. The Labute approximate surface area is 111 Å². The number of alkyl halides is 1. The molecule has 1 saturated carbocycles. The Kier molecular flexibility index (Phi) is 2.97. The number of rotatable bonds is 4. The van der Waals surface area contributed by atoms with Crippen molar-refractivity contribution in [1.82, 2.24) is 0 Å². The second-order valence-electron chi connectivity index (χ2n) is 4.83. The molecule has 1 aliphatic rings. The fraction of sp³-hybridized carbons (Fsp3) is 0.333. The first-order valence-corrected chi connectivity index (χ1v) is 7.40. The minimum atomic E-state index is 0.222. The zero-order valence-corrected chi connectivity index (χ0v) is 11.2. The van der Waals surface area contributed by atoms with Crippen molar-refractivity contribution < 1.29 is 0 Å². The standard InChI is InChI=1S/C15H15ClS/c16-14(10-12-6-9-17-11-12)15(7-8-15)13-4-2-1-3-5-13/h1-6,9,11,14H,7-8,10H2. The monoisotopic (exact) mass is 262 g/mol. The van der Waals surface area contributed by atoms with Gasteiger partial charge in [-0.15, -0.1) is 11.6 Å². The molecule has 0 saturated heterocycles. The van der Waals surface area contributed by atoms with Gasteiger partial charge in [0.15, 0.2) is 0 Å². The van der Waals surface area contributed by atoms with Gasteiger partial charge in [0.25, 0.3) is 0 Å². The number of hydrogen-bond donors (Lipinski definition) is 0. The zero-order valence-electron chi connectivity index (χ0n) is 9.60. The molecule has 1 fully saturated rings. The van der Waals surface area contributed by atoms with E-state index in [-0.39, 0.29) is 10.8 Å². The predicted octanol–water partition coefficient (Wildman–Crippen LogP) is 4.63. The summed E-state index contributed by atoms with van der Waals surface area (Å²) in [4.78, 5) is 0. The van der Waals surface area contributed by atoms with Gasteiger partial charge >= 0.3 is 0 Å². The van der Waals surface area contributed by atoms with Crippen LogP contribution in [0.1, 0.15) is 24.0 Å². The third-order valence-electron chi connectivity index (χ3n) is 3.73. The lowest BCUT2D eigenvalue weighted by Gasteiger charge is -2.21. The Balaban J connectivity index is 1.80. The van der Waals surface area contributed by atoms with Crippen LogP contribution in [0.3, 0.4) is 0 Å². The molecule has 0 amide bonds. The molecular weight excluding hydrogens is 248 g/mol. The number of halogens is 1. The van der Waals surface area contributed by atoms with E-state index in [4.69, 9.17) is 11.6 Å². The van der Waals surface area contributed by atoms with Gasteiger partial charge in [0.05, 0.1) is 0 Å². The average molecular weight is 263 g/mol. The fourth-order valence-corrected chi connectivity index (χ4v) is 3.70. The summed E-state index contributed by atoms with van der Waals surface area (Å²) in [7, 11) is 0. The summed E-state index contributed by atoms with van der Waals surface area (Å²) in [6.07, 6.45) is 3.45. The Morgan fingerprint density at radius 1 is 1.18 bits per heavy atom. The van der Waals surface area contributed by atoms with Crippen LogP contribution in [0.5, 0.6) is 0 Å². The van der Waals surface area contributed by atoms with Crippen molar-refractivity contribution in [3.05, 3.63) is 58.3 Å². The van der Waals surface area contributed by atoms with Crippen molar-refractivity contribution in [3.8, 4) is 0 Å². The molecule has 1 heterocycles. The molecule has 0 N–H and O–H groups in total. The molecule has 1 unspecified atom stereocenters. The van der Waals surface area contributed by atoms with Crippen molar-refractivity contribution in [2.45, 2.75) is 30.1 Å². The first-order chi connectivity index (χ1) is 8.31. The lowest BCUT2D eigenvalue weighted by molar-refractivity contribution is 0.629. The van der Waals surface area contributed by atoms with Crippen LogP contribution in [0.2, 0.25) is 0 Å². The number of hydrogen-bond acceptors (Lipinski definition) is 1. The van der Waals surface area contributed by atoms with Crippen LogP contribution in [0.4, 0.5) is 0 Å². The SMILES string of the molecule is ClC(Cc1ccsc1)C1(c2ccccc2)CC1. The topological polar surface area (TPSA) is 0 Å². The molecule has 1 aliphatic carbocycles. The second-order valence-corrected chi connectivity index (χ2v) is 6.13. The van der Waals surface area contributed by atoms with Crippen molar-refractivity contribution >= 4 is 22.9 Å². The molecule has 17 heavy (non-hydrogen) atoms. The third-order valence-corrected chi connectivity index (χ3v) is 5.04. The normalized spacial score (nSPS) is 18.9. The van der Waals surface area contributed by atoms with E-state index in [1.165, 1.54) is 24.0 Å². The molecule has 1 atom stereocenters. The van der Waals surface area contributed by atoms with Gasteiger partial charge in [-0.2, -0.15) is 11.3 Å². The van der Waals surface area contributed by atoms with Gasteiger partial charge in [-0.3, -0.25) is 0 Å². The molecule has 0 radical (unpaired) electrons. The van der Waals surface area contributed by atoms with E-state index < -0.39 is 0 Å². The van der Waals surface area contributed by atoms with Crippen LogP contribution in [-0.4, -0.2) is 5.38 Å². The van der Waals surface area contributed by atoms with Crippen molar-refractivity contribution in [2.24, 2.45) is 0 Å². The van der Waals surface area contributed by atoms with Crippen LogP contribution in [0.15, 0.2) is 47.2 Å². The van der Waals surface area contributed by atoms with Gasteiger partial charge in [0, 0.05) is 10.8 Å². The van der Waals surface area contributed by atoms with E-state index in [9.17, 15) is 0 Å². The highest BCUT2D eigenvalue weighted by Crippen LogP contribution is 2.53. The fourth-order valence-electron chi connectivity index (χ4n) is 2.50. The van der Waals surface area contributed by atoms with Crippen LogP contribution in [0.25, 0.3) is 0 Å². The van der Waals surface area contributed by atoms with E-state index in [0.717, 1.165) is 6.42 Å². The van der Waals surface area contributed by atoms with Gasteiger partial charge in [0.2, 0.25) is 0 Å². The van der Waals surface area contributed by atoms with Gasteiger partial charge in [-0.05, 0) is 47.2 Å². The van der Waals surface area contributed by atoms with E-state index in [1.807, 2.05) is 0 Å². The Morgan fingerprint density at radius 2 is 1.94 bits per heavy atom. The van der Waals surface area contributed by atoms with Gasteiger partial charge in [-0.1, -0.05) is 30.3 Å². The van der Waals surface area contributed by atoms with E-state index >= 15 is 0 Å². The van der Waals surface area contributed by atoms with Gasteiger partial charge in [0.1, 0.15) is 0 Å². The lowest BCUT2D eigenvalue weighted by Crippen LogP contribution is -2.22. The van der Waals surface area contributed by atoms with E-state index in [1.54, 1.807) is 11.3 Å². The summed E-state index contributed by atoms with van der Waals surface area (Å²) in [5, 5.41) is 4.55. The summed E-state index contributed by atoms with van der Waals surface area (Å²) < 4.78 is 0. The molecule has 3 rings (SSSR count). The van der Waals surface area contributed by atoms with Crippen molar-refractivity contribution in [3.63, 3.8) is 0 Å². The summed E-state index contributed by atoms with van der Waals surface area (Å²) in [6, 6.07) is 12.9. The van der Waals surface area contributed by atoms with Crippen molar-refractivity contribution in [1.29, 1.82) is 0 Å². The second kappa shape index (κ2) is 4.47. The third kappa shape index (κ3) is 2.14. The number of benzene rings is 1. The maximum absolute atomic E-state index is 6.67. The first-order valence-electron chi connectivity index (χ1n) is 6.02. The summed E-state index contributed by atoms with van der Waals surface area (Å²) in [6.45, 7) is 0. The molecular formula is C15H15ClS. The Hall–Kier alpha value is -0.790. The minimum Gasteiger partial charge on any atom is -0.152 e. The highest BCUT2D eigenvalue weighted by atomic mass is 35.5. The Bertz CT molecular complexity index is 471. The minimum absolute atomic E-state index is 0.222. The zero-order chi connectivity index (χ0) is 11.7. The largest absolute Gasteiger partial charge is 0.152 e. The molecule has 88 valence electrons. The highest BCUT2D eigenvalue weighted by molar-refractivity contribution is 7.07. The van der Waals surface area contributed by atoms with E-state index in [2.05, 4.69) is 47.2 Å². The summed E-state index contributed by atoms with van der Waals surface area (Å²) >= 11 is 8.42. The lowest BCUT2D eigenvalue weighted by atomic mass is 9.89. The Morgan fingerprint density at radius 3 is 2.53 bits per heavy atom. The maximum atomic E-state index is 6.67. The molecule has 0 spiro atoms. The predicted molar refractivity (Wildman–Crippen MR) is 75.0 cm³/mol. The molecule has 1 aromatic carbocycles. The van der Waals surface area contributed by atoms with Crippen LogP contribution < -0.4 is 0 Å². The van der Waals surface area contributed by atoms with Crippen LogP contribution in [-0.2, 0) is 11.8 Å². The molecule has 2 aromatic rings. The molecule has 1 aromatic heterocycles. The van der Waals surface area contributed by atoms with Gasteiger partial charge in [-0.25, -0.2) is 0 Å². The van der Waals surface area contributed by atoms with E-state index in [0.29, 0.717) is 0 Å². The molecule has 0 bridgehead atoms. The molecule has 0 nitrogen and oxygen atoms in total. The number of thiophene rings is 1.